The van der Waals surface area contributed by atoms with Gasteiger partial charge in [0, 0.05) is 7.05 Å². The van der Waals surface area contributed by atoms with Crippen molar-refractivity contribution in [2.75, 3.05) is 20.2 Å². The second kappa shape index (κ2) is 22.4. The quantitative estimate of drug-likeness (QED) is 0.138. The van der Waals surface area contributed by atoms with Crippen LogP contribution in [-0.4, -0.2) is 96.0 Å². The monoisotopic (exact) mass is 667 g/mol. The van der Waals surface area contributed by atoms with Gasteiger partial charge >= 0.3 is 5.97 Å². The number of likely N-dealkylation sites (N-methyl/N-ethyl adjacent to an activating group) is 1. The van der Waals surface area contributed by atoms with Crippen LogP contribution in [0.5, 0.6) is 0 Å². The molecule has 0 aromatic rings. The molecular weight excluding hydrogens is 606 g/mol. The van der Waals surface area contributed by atoms with Crippen LogP contribution in [0.1, 0.15) is 119 Å². The highest BCUT2D eigenvalue weighted by Gasteiger charge is 2.37. The van der Waals surface area contributed by atoms with E-state index < -0.39 is 78.9 Å². The number of hydrogen-bond donors (Lipinski definition) is 5. The molecule has 47 heavy (non-hydrogen) atoms. The zero-order valence-corrected chi connectivity index (χ0v) is 29.7. The molecule has 1 fully saturated rings. The topological polar surface area (TPSA) is 183 Å². The van der Waals surface area contributed by atoms with Gasteiger partial charge < -0.3 is 36.0 Å². The van der Waals surface area contributed by atoms with E-state index in [0.717, 1.165) is 25.7 Å². The summed E-state index contributed by atoms with van der Waals surface area (Å²) in [5, 5.41) is 19.9. The fraction of sp³-hybridized carbons (Fsp3) is 0.824. The average molecular weight is 668 g/mol. The third-order valence-corrected chi connectivity index (χ3v) is 8.57. The van der Waals surface area contributed by atoms with Gasteiger partial charge in [-0.1, -0.05) is 86.0 Å². The number of aliphatic hydroxyl groups is 1. The smallest absolute Gasteiger partial charge is 0.325 e. The number of hydrogen-bond acceptors (Lipinski definition) is 8. The maximum Gasteiger partial charge on any atom is 0.325 e. The number of nitrogens with one attached hydrogen (secondary N) is 4. The van der Waals surface area contributed by atoms with Crippen molar-refractivity contribution < 1.29 is 38.6 Å². The Morgan fingerprint density at radius 3 is 1.91 bits per heavy atom. The van der Waals surface area contributed by atoms with Crippen LogP contribution in [0.15, 0.2) is 0 Å². The second-order valence-electron chi connectivity index (χ2n) is 13.2. The Hall–Kier alpha value is -3.22. The normalized spacial score (nSPS) is 26.0. The zero-order chi connectivity index (χ0) is 35.5. The summed E-state index contributed by atoms with van der Waals surface area (Å²) in [7, 11) is 1.53. The summed E-state index contributed by atoms with van der Waals surface area (Å²) in [5.74, 6) is -4.58. The molecule has 0 bridgehead atoms. The molecule has 0 unspecified atom stereocenters. The van der Waals surface area contributed by atoms with Gasteiger partial charge in [0.15, 0.2) is 0 Å². The van der Waals surface area contributed by atoms with Crippen LogP contribution in [0.3, 0.4) is 0 Å². The Morgan fingerprint density at radius 1 is 0.766 bits per heavy atom. The van der Waals surface area contributed by atoms with Crippen LogP contribution in [0.4, 0.5) is 0 Å². The molecule has 5 amide bonds. The van der Waals surface area contributed by atoms with Gasteiger partial charge in [0.25, 0.3) is 0 Å². The van der Waals surface area contributed by atoms with E-state index in [1.807, 2.05) is 20.8 Å². The van der Waals surface area contributed by atoms with Crippen molar-refractivity contribution in [2.24, 2.45) is 11.8 Å². The van der Waals surface area contributed by atoms with Crippen molar-refractivity contribution in [2.45, 2.75) is 149 Å². The van der Waals surface area contributed by atoms with E-state index in [2.05, 4.69) is 28.2 Å². The van der Waals surface area contributed by atoms with Gasteiger partial charge in [-0.25, -0.2) is 0 Å². The predicted octanol–water partition coefficient (Wildman–Crippen LogP) is 2.33. The van der Waals surface area contributed by atoms with Gasteiger partial charge in [-0.3, -0.25) is 28.8 Å². The van der Waals surface area contributed by atoms with Crippen LogP contribution in [-0.2, 0) is 33.5 Å². The minimum absolute atomic E-state index is 0.0235. The molecule has 0 aromatic carbocycles. The average Bonchev–Trinajstić information content (AvgIpc) is 3.03. The Balaban J connectivity index is 3.35. The number of aliphatic hydroxyl groups excluding tert-OH is 1. The van der Waals surface area contributed by atoms with Gasteiger partial charge in [-0.15, -0.1) is 0 Å². The highest BCUT2D eigenvalue weighted by Crippen LogP contribution is 2.22. The molecule has 0 radical (unpaired) electrons. The van der Waals surface area contributed by atoms with E-state index in [1.165, 1.54) is 44.6 Å². The standard InChI is InChI=1S/C34H61N5O8/c1-8-10-11-12-13-14-15-16-18-28-23(5)34(46)39(7)27(19-22(3)4)33(45)37-25(17-9-2)31(43)38-26(21-40)32(44)36-24(6)30(42)35-20-29(41)47-28/h22-28,40H,8-21H2,1-7H3,(H,35,42)(H,36,44)(H,37,45)(H,38,43)/t23-,24+,25+,26+,27+,28-/m1/s1. The summed E-state index contributed by atoms with van der Waals surface area (Å²) in [5.41, 5.74) is 0. The molecule has 0 spiro atoms. The van der Waals surface area contributed by atoms with Gasteiger partial charge in [-0.05, 0) is 38.5 Å². The minimum Gasteiger partial charge on any atom is -0.460 e. The lowest BCUT2D eigenvalue weighted by Crippen LogP contribution is -2.59. The fourth-order valence-electron chi connectivity index (χ4n) is 5.61. The number of amides is 5. The summed E-state index contributed by atoms with van der Waals surface area (Å²) in [6.45, 7) is 9.69. The maximum atomic E-state index is 13.9. The van der Waals surface area contributed by atoms with Crippen LogP contribution < -0.4 is 21.3 Å². The van der Waals surface area contributed by atoms with Crippen molar-refractivity contribution >= 4 is 35.5 Å². The summed E-state index contributed by atoms with van der Waals surface area (Å²) < 4.78 is 5.78. The van der Waals surface area contributed by atoms with Crippen LogP contribution in [0.25, 0.3) is 0 Å². The molecule has 1 heterocycles. The summed E-state index contributed by atoms with van der Waals surface area (Å²) in [6, 6.07) is -4.46. The number of cyclic esters (lactones) is 1. The number of carbonyl (C=O) groups excluding carboxylic acids is 6. The van der Waals surface area contributed by atoms with Gasteiger partial charge in [-0.2, -0.15) is 0 Å². The number of esters is 1. The second-order valence-corrected chi connectivity index (χ2v) is 13.2. The first-order chi connectivity index (χ1) is 22.3. The lowest BCUT2D eigenvalue weighted by Gasteiger charge is -2.34. The van der Waals surface area contributed by atoms with Crippen molar-refractivity contribution in [3.63, 3.8) is 0 Å². The molecule has 13 nitrogen and oxygen atoms in total. The first kappa shape index (κ1) is 41.8. The highest BCUT2D eigenvalue weighted by atomic mass is 16.5. The number of nitrogens with zero attached hydrogens (tertiary/aromatic N) is 1. The van der Waals surface area contributed by atoms with E-state index in [-0.39, 0.29) is 18.2 Å². The van der Waals surface area contributed by atoms with Gasteiger partial charge in [0.05, 0.1) is 12.5 Å². The van der Waals surface area contributed by atoms with E-state index in [0.29, 0.717) is 19.3 Å². The Morgan fingerprint density at radius 2 is 1.34 bits per heavy atom. The Kier molecular flexibility index (Phi) is 19.9. The molecule has 1 aliphatic rings. The first-order valence-electron chi connectivity index (χ1n) is 17.5. The number of unbranched alkanes of at least 4 members (excludes halogenated alkanes) is 7. The first-order valence-corrected chi connectivity index (χ1v) is 17.5. The van der Waals surface area contributed by atoms with Crippen LogP contribution in [0, 0.1) is 11.8 Å². The van der Waals surface area contributed by atoms with Gasteiger partial charge in [0.1, 0.15) is 36.8 Å². The molecule has 0 aliphatic carbocycles. The molecule has 13 heteroatoms. The highest BCUT2D eigenvalue weighted by molar-refractivity contribution is 5.96. The SMILES string of the molecule is CCCCCCCCCC[C@H]1OC(=O)CNC(=O)[C@H](C)NC(=O)[C@H](CO)NC(=O)[C@H](CCC)NC(=O)[C@H](CC(C)C)N(C)C(=O)[C@@H]1C. The van der Waals surface area contributed by atoms with Crippen LogP contribution in [0.2, 0.25) is 0 Å². The molecule has 0 aromatic heterocycles. The van der Waals surface area contributed by atoms with Crippen molar-refractivity contribution in [1.29, 1.82) is 0 Å². The molecule has 0 saturated carbocycles. The van der Waals surface area contributed by atoms with Crippen molar-refractivity contribution in [3.8, 4) is 0 Å². The predicted molar refractivity (Wildman–Crippen MR) is 179 cm³/mol. The maximum absolute atomic E-state index is 13.9. The van der Waals surface area contributed by atoms with E-state index in [9.17, 15) is 33.9 Å². The Bertz CT molecular complexity index is 1020. The lowest BCUT2D eigenvalue weighted by molar-refractivity contribution is -0.157. The third-order valence-electron chi connectivity index (χ3n) is 8.57. The summed E-state index contributed by atoms with van der Waals surface area (Å²) in [6.07, 6.45) is 9.31. The molecule has 1 aliphatic heterocycles. The van der Waals surface area contributed by atoms with E-state index in [1.54, 1.807) is 6.92 Å². The number of carbonyl (C=O) groups is 6. The number of rotatable bonds is 14. The zero-order valence-electron chi connectivity index (χ0n) is 29.7. The van der Waals surface area contributed by atoms with Gasteiger partial charge in [0.2, 0.25) is 29.5 Å². The summed E-state index contributed by atoms with van der Waals surface area (Å²) in [4.78, 5) is 80.6. The molecule has 270 valence electrons. The molecule has 6 atom stereocenters. The largest absolute Gasteiger partial charge is 0.460 e. The van der Waals surface area contributed by atoms with Crippen molar-refractivity contribution in [1.82, 2.24) is 26.2 Å². The molecule has 1 saturated heterocycles. The number of ether oxygens (including phenoxy) is 1. The van der Waals surface area contributed by atoms with Crippen molar-refractivity contribution in [3.05, 3.63) is 0 Å². The summed E-state index contributed by atoms with van der Waals surface area (Å²) >= 11 is 0. The molecule has 1 rings (SSSR count). The minimum atomic E-state index is -1.39. The molecular formula is C34H61N5O8. The lowest BCUT2D eigenvalue weighted by atomic mass is 9.94. The van der Waals surface area contributed by atoms with Crippen LogP contribution >= 0.6 is 0 Å². The Labute approximate surface area is 281 Å². The van der Waals surface area contributed by atoms with E-state index >= 15 is 0 Å². The van der Waals surface area contributed by atoms with E-state index in [4.69, 9.17) is 4.74 Å². The molecule has 5 N–H and O–H groups in total. The fourth-order valence-corrected chi connectivity index (χ4v) is 5.61. The third kappa shape index (κ3) is 15.0.